The molecule has 0 bridgehead atoms. The molecule has 3 aliphatic heterocycles. The Balaban J connectivity index is 1.49. The molecule has 0 radical (unpaired) electrons. The highest BCUT2D eigenvalue weighted by atomic mass is 35.5. The van der Waals surface area contributed by atoms with Gasteiger partial charge < -0.3 is 20.5 Å². The van der Waals surface area contributed by atoms with E-state index in [2.05, 4.69) is 16.0 Å². The van der Waals surface area contributed by atoms with Crippen LogP contribution in [0.25, 0.3) is 0 Å². The summed E-state index contributed by atoms with van der Waals surface area (Å²) in [5, 5.41) is 17.9. The van der Waals surface area contributed by atoms with Crippen LogP contribution in [-0.2, 0) is 19.7 Å². The molecule has 43 heavy (non-hydrogen) atoms. The van der Waals surface area contributed by atoms with Crippen molar-refractivity contribution in [1.29, 1.82) is 0 Å². The van der Waals surface area contributed by atoms with Gasteiger partial charge >= 0.3 is 0 Å². The molecule has 2 saturated heterocycles. The van der Waals surface area contributed by atoms with Crippen LogP contribution in [0, 0.1) is 17.0 Å². The van der Waals surface area contributed by atoms with Gasteiger partial charge in [-0.2, -0.15) is 0 Å². The number of benzene rings is 2. The van der Waals surface area contributed by atoms with Gasteiger partial charge in [-0.3, -0.25) is 23.7 Å². The highest BCUT2D eigenvalue weighted by Crippen LogP contribution is 2.68. The number of hydrogen-bond donors (Lipinski definition) is 4. The minimum atomic E-state index is -1.78. The molecular formula is C30H31Cl2F4N3O4. The number of anilines is 1. The zero-order chi connectivity index (χ0) is 30.7. The third-order valence-corrected chi connectivity index (χ3v) is 10.2. The van der Waals surface area contributed by atoms with E-state index in [4.69, 9.17) is 27.9 Å². The standard InChI is InChI=1S/C30H31Cl2F4N3O4/c31-15-1-4-20-22(7-15)38-27(42)30(20)23(19-8-16(35)9-21(32)24(19)36)25(39-29(30)11-28(12-29,13-33)14-34)26(41)37-17-2-3-18(5-6-40)43-10-17/h1,4,7-9,17-18,23,25,39-40H,2-3,5-6,10-14H2,(H,37,41)(H,38,42)/t17-,18+,23+,25-,30-/m1/s1. The largest absolute Gasteiger partial charge is 0.396 e. The number of hydrogen-bond acceptors (Lipinski definition) is 5. The Morgan fingerprint density at radius 2 is 1.86 bits per heavy atom. The van der Waals surface area contributed by atoms with Crippen LogP contribution in [0.15, 0.2) is 30.3 Å². The van der Waals surface area contributed by atoms with Crippen LogP contribution < -0.4 is 16.0 Å². The Morgan fingerprint density at radius 1 is 1.12 bits per heavy atom. The topological polar surface area (TPSA) is 99.7 Å². The lowest BCUT2D eigenvalue weighted by Gasteiger charge is -2.59. The molecule has 2 aromatic carbocycles. The molecule has 2 aromatic rings. The number of ether oxygens (including phenoxy) is 1. The number of carbonyl (C=O) groups excluding carboxylic acids is 2. The molecule has 1 saturated carbocycles. The van der Waals surface area contributed by atoms with Gasteiger partial charge in [-0.15, -0.1) is 0 Å². The molecule has 2 amide bonds. The number of alkyl halides is 2. The summed E-state index contributed by atoms with van der Waals surface area (Å²) in [7, 11) is 0. The summed E-state index contributed by atoms with van der Waals surface area (Å²) in [5.41, 5.74) is -4.25. The maximum atomic E-state index is 15.9. The molecule has 4 aliphatic rings. The highest BCUT2D eigenvalue weighted by Gasteiger charge is 2.78. The fourth-order valence-electron chi connectivity index (χ4n) is 7.98. The third-order valence-electron chi connectivity index (χ3n) is 9.73. The summed E-state index contributed by atoms with van der Waals surface area (Å²) in [6, 6.07) is 4.57. The molecule has 1 aliphatic carbocycles. The van der Waals surface area contributed by atoms with Gasteiger partial charge in [0.1, 0.15) is 17.0 Å². The first-order chi connectivity index (χ1) is 20.5. The maximum Gasteiger partial charge on any atom is 0.238 e. The number of carbonyl (C=O) groups is 2. The second-order valence-corrected chi connectivity index (χ2v) is 13.1. The van der Waals surface area contributed by atoms with Crippen molar-refractivity contribution < 1.29 is 37.0 Å². The van der Waals surface area contributed by atoms with Gasteiger partial charge in [-0.25, -0.2) is 8.78 Å². The van der Waals surface area contributed by atoms with Crippen molar-refractivity contribution in [3.05, 3.63) is 63.1 Å². The number of nitrogens with one attached hydrogen (secondary N) is 3. The Kier molecular flexibility index (Phi) is 7.95. The number of aliphatic hydroxyl groups excluding tert-OH is 1. The molecule has 7 nitrogen and oxygen atoms in total. The average Bonchev–Trinajstić information content (AvgIpc) is 3.43. The smallest absolute Gasteiger partial charge is 0.238 e. The van der Waals surface area contributed by atoms with Crippen LogP contribution in [0.5, 0.6) is 0 Å². The number of amides is 2. The van der Waals surface area contributed by atoms with Crippen molar-refractivity contribution >= 4 is 40.7 Å². The van der Waals surface area contributed by atoms with Gasteiger partial charge in [-0.05, 0) is 67.5 Å². The van der Waals surface area contributed by atoms with E-state index in [9.17, 15) is 27.9 Å². The first kappa shape index (κ1) is 30.6. The van der Waals surface area contributed by atoms with Gasteiger partial charge in [0.2, 0.25) is 11.8 Å². The first-order valence-electron chi connectivity index (χ1n) is 14.2. The molecule has 0 aromatic heterocycles. The quantitative estimate of drug-likeness (QED) is 0.259. The minimum Gasteiger partial charge on any atom is -0.396 e. The van der Waals surface area contributed by atoms with E-state index in [1.54, 1.807) is 6.07 Å². The Hall–Kier alpha value is -2.44. The van der Waals surface area contributed by atoms with Gasteiger partial charge in [0.05, 0.1) is 43.2 Å². The van der Waals surface area contributed by atoms with Crippen molar-refractivity contribution in [1.82, 2.24) is 10.6 Å². The molecule has 232 valence electrons. The molecule has 0 unspecified atom stereocenters. The first-order valence-corrected chi connectivity index (χ1v) is 15.0. The normalized spacial score (nSPS) is 30.3. The van der Waals surface area contributed by atoms with Crippen LogP contribution in [-0.4, -0.2) is 67.2 Å². The molecule has 13 heteroatoms. The second kappa shape index (κ2) is 11.2. The molecule has 6 rings (SSSR count). The lowest BCUT2D eigenvalue weighted by Crippen LogP contribution is -2.70. The van der Waals surface area contributed by atoms with Crippen molar-refractivity contribution in [2.24, 2.45) is 5.41 Å². The fraction of sp³-hybridized carbons (Fsp3) is 0.533. The zero-order valence-corrected chi connectivity index (χ0v) is 24.5. The van der Waals surface area contributed by atoms with Gasteiger partial charge in [0.15, 0.2) is 0 Å². The molecular weight excluding hydrogens is 613 g/mol. The lowest BCUT2D eigenvalue weighted by atomic mass is 9.46. The third kappa shape index (κ3) is 4.65. The molecule has 3 heterocycles. The summed E-state index contributed by atoms with van der Waals surface area (Å²) in [4.78, 5) is 28.4. The van der Waals surface area contributed by atoms with E-state index in [-0.39, 0.29) is 37.7 Å². The summed E-state index contributed by atoms with van der Waals surface area (Å²) in [6.07, 6.45) is 1.08. The molecule has 4 N–H and O–H groups in total. The summed E-state index contributed by atoms with van der Waals surface area (Å²) in [5.74, 6) is -4.49. The zero-order valence-electron chi connectivity index (χ0n) is 23.0. The highest BCUT2D eigenvalue weighted by molar-refractivity contribution is 6.31. The van der Waals surface area contributed by atoms with Crippen LogP contribution in [0.1, 0.15) is 49.1 Å². The molecule has 3 fully saturated rings. The van der Waals surface area contributed by atoms with Crippen LogP contribution in [0.3, 0.4) is 0 Å². The van der Waals surface area contributed by atoms with Crippen LogP contribution in [0.2, 0.25) is 10.0 Å². The van der Waals surface area contributed by atoms with E-state index in [1.807, 2.05) is 0 Å². The van der Waals surface area contributed by atoms with Crippen LogP contribution >= 0.6 is 23.2 Å². The van der Waals surface area contributed by atoms with E-state index in [1.165, 1.54) is 12.1 Å². The van der Waals surface area contributed by atoms with Crippen molar-refractivity contribution in [2.45, 2.75) is 67.2 Å². The Morgan fingerprint density at radius 3 is 2.51 bits per heavy atom. The number of halogens is 6. The summed E-state index contributed by atoms with van der Waals surface area (Å²) < 4.78 is 65.1. The maximum absolute atomic E-state index is 15.9. The molecule has 2 spiro atoms. The SMILES string of the molecule is O=C(N[C@@H]1CC[C@@H](CCO)OC1)[C@@H]1NC2(CC(CF)(CF)C2)[C@@]2(C(=O)Nc3cc(Cl)ccc32)[C@H]1c1cc(F)cc(Cl)c1F. The van der Waals surface area contributed by atoms with E-state index < -0.39 is 76.2 Å². The van der Waals surface area contributed by atoms with Crippen molar-refractivity contribution in [3.8, 4) is 0 Å². The van der Waals surface area contributed by atoms with Gasteiger partial charge in [-0.1, -0.05) is 29.3 Å². The Bertz CT molecular complexity index is 1440. The Labute approximate surface area is 255 Å². The van der Waals surface area contributed by atoms with Crippen molar-refractivity contribution in [2.75, 3.05) is 31.9 Å². The van der Waals surface area contributed by atoms with E-state index in [0.29, 0.717) is 35.5 Å². The fourth-order valence-corrected chi connectivity index (χ4v) is 8.37. The number of fused-ring (bicyclic) bond motifs is 3. The van der Waals surface area contributed by atoms with Crippen LogP contribution in [0.4, 0.5) is 23.2 Å². The predicted molar refractivity (Wildman–Crippen MR) is 152 cm³/mol. The average molecular weight is 644 g/mol. The monoisotopic (exact) mass is 643 g/mol. The second-order valence-electron chi connectivity index (χ2n) is 12.3. The van der Waals surface area contributed by atoms with Gasteiger partial charge in [0, 0.05) is 34.2 Å². The lowest BCUT2D eigenvalue weighted by molar-refractivity contribution is -0.131. The van der Waals surface area contributed by atoms with E-state index >= 15 is 4.39 Å². The molecule has 5 atom stereocenters. The summed E-state index contributed by atoms with van der Waals surface area (Å²) >= 11 is 12.3. The number of rotatable bonds is 7. The predicted octanol–water partition coefficient (Wildman–Crippen LogP) is 4.72. The van der Waals surface area contributed by atoms with Crippen molar-refractivity contribution in [3.63, 3.8) is 0 Å². The van der Waals surface area contributed by atoms with E-state index in [0.717, 1.165) is 12.1 Å². The summed E-state index contributed by atoms with van der Waals surface area (Å²) in [6.45, 7) is -1.88. The van der Waals surface area contributed by atoms with Gasteiger partial charge in [0.25, 0.3) is 0 Å². The number of aliphatic hydroxyl groups is 1. The minimum absolute atomic E-state index is 0.0324.